The fourth-order valence-corrected chi connectivity index (χ4v) is 3.56. The second-order valence-corrected chi connectivity index (χ2v) is 6.86. The minimum Gasteiger partial charge on any atom is -0.497 e. The molecule has 1 fully saturated rings. The molecule has 8 heteroatoms. The fourth-order valence-electron chi connectivity index (χ4n) is 3.56. The number of ether oxygens (including phenoxy) is 1. The predicted octanol–water partition coefficient (Wildman–Crippen LogP) is 2.81. The Bertz CT molecular complexity index is 977. The van der Waals surface area contributed by atoms with Gasteiger partial charge < -0.3 is 19.4 Å². The van der Waals surface area contributed by atoms with E-state index in [2.05, 4.69) is 21.5 Å². The van der Waals surface area contributed by atoms with Crippen LogP contribution in [0.25, 0.3) is 11.1 Å². The van der Waals surface area contributed by atoms with Crippen molar-refractivity contribution in [1.82, 2.24) is 25.0 Å². The molecule has 1 saturated heterocycles. The lowest BCUT2D eigenvalue weighted by atomic mass is 10.2. The highest BCUT2D eigenvalue weighted by atomic mass is 16.5. The van der Waals surface area contributed by atoms with Crippen LogP contribution in [0.1, 0.15) is 29.7 Å². The van der Waals surface area contributed by atoms with Gasteiger partial charge in [0.15, 0.2) is 5.58 Å². The molecule has 2 amide bonds. The van der Waals surface area contributed by atoms with Crippen molar-refractivity contribution < 1.29 is 13.9 Å². The molecule has 0 unspecified atom stereocenters. The van der Waals surface area contributed by atoms with Gasteiger partial charge in [-0.15, -0.1) is 0 Å². The van der Waals surface area contributed by atoms with Gasteiger partial charge >= 0.3 is 6.03 Å². The molecule has 3 heterocycles. The molecule has 1 aliphatic heterocycles. The maximum absolute atomic E-state index is 12.5. The van der Waals surface area contributed by atoms with Crippen molar-refractivity contribution in [3.63, 3.8) is 0 Å². The molecule has 0 aliphatic carbocycles. The van der Waals surface area contributed by atoms with Crippen LogP contribution in [0.4, 0.5) is 4.79 Å². The van der Waals surface area contributed by atoms with Crippen molar-refractivity contribution in [3.8, 4) is 5.75 Å². The molecule has 3 aromatic rings. The quantitative estimate of drug-likeness (QED) is 0.764. The summed E-state index contributed by atoms with van der Waals surface area (Å²) in [5, 5.41) is 7.43. The lowest BCUT2D eigenvalue weighted by Gasteiger charge is -2.17. The van der Waals surface area contributed by atoms with Gasteiger partial charge in [-0.1, -0.05) is 0 Å². The second kappa shape index (κ2) is 6.94. The van der Waals surface area contributed by atoms with E-state index in [0.29, 0.717) is 30.1 Å². The zero-order chi connectivity index (χ0) is 19.0. The summed E-state index contributed by atoms with van der Waals surface area (Å²) in [4.78, 5) is 18.7. The summed E-state index contributed by atoms with van der Waals surface area (Å²) in [7, 11) is 1.61. The van der Waals surface area contributed by atoms with Gasteiger partial charge in [-0.3, -0.25) is 4.68 Å². The highest BCUT2D eigenvalue weighted by Crippen LogP contribution is 2.24. The highest BCUT2D eigenvalue weighted by molar-refractivity contribution is 5.75. The third kappa shape index (κ3) is 3.47. The molecule has 1 aromatic carbocycles. The van der Waals surface area contributed by atoms with Crippen molar-refractivity contribution in [2.75, 3.05) is 20.2 Å². The molecule has 27 heavy (non-hydrogen) atoms. The van der Waals surface area contributed by atoms with Gasteiger partial charge in [0.25, 0.3) is 0 Å². The van der Waals surface area contributed by atoms with Crippen LogP contribution in [0, 0.1) is 13.8 Å². The van der Waals surface area contributed by atoms with Gasteiger partial charge in [0, 0.05) is 24.8 Å². The van der Waals surface area contributed by atoms with Crippen LogP contribution < -0.4 is 10.1 Å². The van der Waals surface area contributed by atoms with Crippen LogP contribution >= 0.6 is 0 Å². The first-order valence-corrected chi connectivity index (χ1v) is 9.02. The summed E-state index contributed by atoms with van der Waals surface area (Å²) in [6, 6.07) is 7.61. The Morgan fingerprint density at radius 1 is 1.37 bits per heavy atom. The van der Waals surface area contributed by atoms with Crippen LogP contribution in [-0.2, 0) is 6.54 Å². The van der Waals surface area contributed by atoms with Crippen molar-refractivity contribution in [1.29, 1.82) is 0 Å². The summed E-state index contributed by atoms with van der Waals surface area (Å²) in [5.74, 6) is 1.19. The average molecular weight is 369 g/mol. The largest absolute Gasteiger partial charge is 0.497 e. The number of nitrogens with one attached hydrogen (secondary N) is 1. The van der Waals surface area contributed by atoms with Gasteiger partial charge in [-0.05, 0) is 38.5 Å². The first-order chi connectivity index (χ1) is 13.0. The number of rotatable bonds is 4. The second-order valence-electron chi connectivity index (χ2n) is 6.86. The summed E-state index contributed by atoms with van der Waals surface area (Å²) < 4.78 is 12.9. The first kappa shape index (κ1) is 17.4. The summed E-state index contributed by atoms with van der Waals surface area (Å²) in [6.45, 7) is 5.64. The lowest BCUT2D eigenvalue weighted by molar-refractivity contribution is 0.205. The Labute approximate surface area is 157 Å². The molecule has 2 aromatic heterocycles. The average Bonchev–Trinajstić information content (AvgIpc) is 3.36. The number of aryl methyl sites for hydroxylation is 2. The zero-order valence-corrected chi connectivity index (χ0v) is 15.7. The van der Waals surface area contributed by atoms with E-state index in [1.165, 1.54) is 0 Å². The minimum absolute atomic E-state index is 0.112. The molecular weight excluding hydrogens is 346 g/mol. The van der Waals surface area contributed by atoms with Crippen molar-refractivity contribution >= 4 is 17.1 Å². The summed E-state index contributed by atoms with van der Waals surface area (Å²) >= 11 is 0. The molecule has 0 spiro atoms. The molecule has 142 valence electrons. The maximum atomic E-state index is 12.5. The Kier molecular flexibility index (Phi) is 4.47. The molecule has 8 nitrogen and oxygen atoms in total. The van der Waals surface area contributed by atoms with Crippen LogP contribution in [0.5, 0.6) is 5.75 Å². The van der Waals surface area contributed by atoms with E-state index in [9.17, 15) is 4.79 Å². The van der Waals surface area contributed by atoms with E-state index in [1.807, 2.05) is 41.6 Å². The minimum atomic E-state index is -0.112. The van der Waals surface area contributed by atoms with Crippen LogP contribution in [0.3, 0.4) is 0 Å². The lowest BCUT2D eigenvalue weighted by Crippen LogP contribution is -2.38. The molecule has 4 rings (SSSR count). The first-order valence-electron chi connectivity index (χ1n) is 9.02. The standard InChI is InChI=1S/C19H23N5O3/c1-12-8-13(2)24(22-12)14-6-7-23(11-14)19(25)20-10-18-21-16-9-15(26-3)4-5-17(16)27-18/h4-5,8-9,14H,6-7,10-11H2,1-3H3,(H,20,25)/t14-/m0/s1. The smallest absolute Gasteiger partial charge is 0.317 e. The molecule has 1 aliphatic rings. The molecule has 0 saturated carbocycles. The highest BCUT2D eigenvalue weighted by Gasteiger charge is 2.28. The Hall–Kier alpha value is -3.03. The Balaban J connectivity index is 1.36. The van der Waals surface area contributed by atoms with Gasteiger partial charge in [-0.25, -0.2) is 9.78 Å². The molecular formula is C19H23N5O3. The van der Waals surface area contributed by atoms with Crippen molar-refractivity contribution in [2.45, 2.75) is 32.9 Å². The number of nitrogens with zero attached hydrogens (tertiary/aromatic N) is 4. The van der Waals surface area contributed by atoms with E-state index < -0.39 is 0 Å². The number of methoxy groups -OCH3 is 1. The number of likely N-dealkylation sites (tertiary alicyclic amines) is 1. The van der Waals surface area contributed by atoms with Crippen LogP contribution in [0.2, 0.25) is 0 Å². The van der Waals surface area contributed by atoms with E-state index >= 15 is 0 Å². The number of benzene rings is 1. The number of hydrogen-bond acceptors (Lipinski definition) is 5. The SMILES string of the molecule is COc1ccc2oc(CNC(=O)N3CC[C@H](n4nc(C)cc4C)C3)nc2c1. The molecule has 0 radical (unpaired) electrons. The number of carbonyl (C=O) groups excluding carboxylic acids is 1. The van der Waals surface area contributed by atoms with Gasteiger partial charge in [-0.2, -0.15) is 5.10 Å². The third-order valence-corrected chi connectivity index (χ3v) is 4.87. The van der Waals surface area contributed by atoms with Gasteiger partial charge in [0.1, 0.15) is 11.3 Å². The van der Waals surface area contributed by atoms with E-state index in [-0.39, 0.29) is 18.6 Å². The fraction of sp³-hybridized carbons (Fsp3) is 0.421. The van der Waals surface area contributed by atoms with E-state index in [0.717, 1.165) is 23.6 Å². The Morgan fingerprint density at radius 3 is 2.96 bits per heavy atom. The number of oxazole rings is 1. The number of hydrogen-bond donors (Lipinski definition) is 1. The number of fused-ring (bicyclic) bond motifs is 1. The maximum Gasteiger partial charge on any atom is 0.317 e. The molecule has 0 bridgehead atoms. The molecule has 1 N–H and O–H groups in total. The molecule has 1 atom stereocenters. The number of amides is 2. The van der Waals surface area contributed by atoms with Gasteiger partial charge in [0.05, 0.1) is 25.4 Å². The summed E-state index contributed by atoms with van der Waals surface area (Å²) in [5.41, 5.74) is 3.51. The van der Waals surface area contributed by atoms with Crippen molar-refractivity contribution in [2.24, 2.45) is 0 Å². The third-order valence-electron chi connectivity index (χ3n) is 4.87. The van der Waals surface area contributed by atoms with Gasteiger partial charge in [0.2, 0.25) is 5.89 Å². The topological polar surface area (TPSA) is 85.4 Å². The number of carbonyl (C=O) groups is 1. The van der Waals surface area contributed by atoms with E-state index in [1.54, 1.807) is 7.11 Å². The number of aromatic nitrogens is 3. The normalized spacial score (nSPS) is 16.9. The summed E-state index contributed by atoms with van der Waals surface area (Å²) in [6.07, 6.45) is 0.901. The predicted molar refractivity (Wildman–Crippen MR) is 99.7 cm³/mol. The van der Waals surface area contributed by atoms with Crippen LogP contribution in [0.15, 0.2) is 28.7 Å². The van der Waals surface area contributed by atoms with Crippen molar-refractivity contribution in [3.05, 3.63) is 41.5 Å². The van der Waals surface area contributed by atoms with Crippen LogP contribution in [-0.4, -0.2) is 45.9 Å². The van der Waals surface area contributed by atoms with E-state index in [4.69, 9.17) is 9.15 Å². The monoisotopic (exact) mass is 369 g/mol. The Morgan fingerprint density at radius 2 is 2.22 bits per heavy atom. The zero-order valence-electron chi connectivity index (χ0n) is 15.7. The number of urea groups is 1.